The molecule has 1 atom stereocenters. The molecule has 1 aromatic carbocycles. The molecule has 2 heterocycles. The van der Waals surface area contributed by atoms with Gasteiger partial charge in [-0.15, -0.1) is 0 Å². The number of anilines is 1. The zero-order valence-corrected chi connectivity index (χ0v) is 10.6. The van der Waals surface area contributed by atoms with Gasteiger partial charge in [-0.3, -0.25) is 4.79 Å². The number of carbonyl (C=O) groups excluding carboxylic acids is 1. The third-order valence-electron chi connectivity index (χ3n) is 3.22. The second-order valence-electron chi connectivity index (χ2n) is 4.66. The Labute approximate surface area is 114 Å². The third-order valence-corrected chi connectivity index (χ3v) is 3.22. The quantitative estimate of drug-likeness (QED) is 0.896. The van der Waals surface area contributed by atoms with E-state index in [2.05, 4.69) is 5.32 Å². The molecule has 0 bridgehead atoms. The van der Waals surface area contributed by atoms with Gasteiger partial charge in [0.05, 0.1) is 0 Å². The van der Waals surface area contributed by atoms with Crippen LogP contribution in [0.4, 0.5) is 5.69 Å². The fourth-order valence-electron chi connectivity index (χ4n) is 2.23. The first kappa shape index (κ1) is 12.7. The monoisotopic (exact) mass is 275 g/mol. The molecule has 1 amide bonds. The van der Waals surface area contributed by atoms with Crippen molar-refractivity contribution in [3.8, 4) is 0 Å². The Kier molecular flexibility index (Phi) is 3.15. The van der Waals surface area contributed by atoms with Gasteiger partial charge in [-0.25, -0.2) is 4.79 Å². The Morgan fingerprint density at radius 3 is 2.85 bits per heavy atom. The van der Waals surface area contributed by atoms with E-state index < -0.39 is 12.1 Å². The summed E-state index contributed by atoms with van der Waals surface area (Å²) in [5.74, 6) is -1.42. The van der Waals surface area contributed by atoms with Gasteiger partial charge in [-0.2, -0.15) is 0 Å². The number of furan rings is 1. The highest BCUT2D eigenvalue weighted by Crippen LogP contribution is 2.24. The Morgan fingerprint density at radius 2 is 2.15 bits per heavy atom. The van der Waals surface area contributed by atoms with Gasteiger partial charge in [0.2, 0.25) is 5.76 Å². The number of ether oxygens (including phenoxy) is 1. The van der Waals surface area contributed by atoms with E-state index in [1.807, 2.05) is 0 Å². The van der Waals surface area contributed by atoms with Crippen molar-refractivity contribution in [3.63, 3.8) is 0 Å². The average Bonchev–Trinajstić information content (AvgIpc) is 3.07. The smallest absolute Gasteiger partial charge is 0.371 e. The number of hydrogen-bond donors (Lipinski definition) is 2. The van der Waals surface area contributed by atoms with Crippen molar-refractivity contribution in [1.29, 1.82) is 0 Å². The second-order valence-corrected chi connectivity index (χ2v) is 4.66. The Balaban J connectivity index is 1.81. The molecule has 6 heteroatoms. The molecule has 0 aliphatic carbocycles. The van der Waals surface area contributed by atoms with Crippen LogP contribution in [-0.4, -0.2) is 29.7 Å². The summed E-state index contributed by atoms with van der Waals surface area (Å²) in [7, 11) is 0. The largest absolute Gasteiger partial charge is 0.475 e. The summed E-state index contributed by atoms with van der Waals surface area (Å²) >= 11 is 0. The van der Waals surface area contributed by atoms with E-state index in [-0.39, 0.29) is 11.7 Å². The molecular weight excluding hydrogens is 262 g/mol. The SMILES string of the molecule is O=C(O)c1cc2cc(NC(=O)[C@@H]3CCCO3)ccc2o1. The van der Waals surface area contributed by atoms with Crippen LogP contribution in [0, 0.1) is 0 Å². The normalized spacial score (nSPS) is 18.3. The van der Waals surface area contributed by atoms with E-state index in [9.17, 15) is 9.59 Å². The van der Waals surface area contributed by atoms with Crippen molar-refractivity contribution in [2.24, 2.45) is 0 Å². The number of fused-ring (bicyclic) bond motifs is 1. The molecule has 1 aromatic heterocycles. The number of amides is 1. The first-order chi connectivity index (χ1) is 9.63. The lowest BCUT2D eigenvalue weighted by molar-refractivity contribution is -0.124. The highest BCUT2D eigenvalue weighted by molar-refractivity contribution is 5.97. The summed E-state index contributed by atoms with van der Waals surface area (Å²) in [6, 6.07) is 6.41. The number of carboxylic acids is 1. The molecule has 1 aliphatic heterocycles. The molecule has 1 fully saturated rings. The molecule has 0 radical (unpaired) electrons. The minimum atomic E-state index is -1.12. The number of carbonyl (C=O) groups is 2. The van der Waals surface area contributed by atoms with Crippen LogP contribution in [0.15, 0.2) is 28.7 Å². The Morgan fingerprint density at radius 1 is 1.30 bits per heavy atom. The number of aromatic carboxylic acids is 1. The lowest BCUT2D eigenvalue weighted by Crippen LogP contribution is -2.26. The van der Waals surface area contributed by atoms with Gasteiger partial charge >= 0.3 is 5.97 Å². The van der Waals surface area contributed by atoms with Gasteiger partial charge in [-0.05, 0) is 37.1 Å². The van der Waals surface area contributed by atoms with Gasteiger partial charge in [0.25, 0.3) is 5.91 Å². The van der Waals surface area contributed by atoms with Crippen LogP contribution in [-0.2, 0) is 9.53 Å². The third kappa shape index (κ3) is 2.37. The van der Waals surface area contributed by atoms with Crippen LogP contribution in [0.5, 0.6) is 0 Å². The highest BCUT2D eigenvalue weighted by Gasteiger charge is 2.23. The van der Waals surface area contributed by atoms with E-state index >= 15 is 0 Å². The van der Waals surface area contributed by atoms with Crippen molar-refractivity contribution in [2.45, 2.75) is 18.9 Å². The van der Waals surface area contributed by atoms with Gasteiger partial charge in [0.1, 0.15) is 11.7 Å². The lowest BCUT2D eigenvalue weighted by Gasteiger charge is -2.10. The van der Waals surface area contributed by atoms with E-state index in [4.69, 9.17) is 14.3 Å². The number of rotatable bonds is 3. The number of hydrogen-bond acceptors (Lipinski definition) is 4. The van der Waals surface area contributed by atoms with E-state index in [0.29, 0.717) is 23.3 Å². The lowest BCUT2D eigenvalue weighted by atomic mass is 10.2. The summed E-state index contributed by atoms with van der Waals surface area (Å²) in [6.07, 6.45) is 1.22. The summed E-state index contributed by atoms with van der Waals surface area (Å²) in [6.45, 7) is 0.612. The predicted molar refractivity (Wildman–Crippen MR) is 70.8 cm³/mol. The summed E-state index contributed by atoms with van der Waals surface area (Å²) in [4.78, 5) is 22.7. The average molecular weight is 275 g/mol. The van der Waals surface area contributed by atoms with E-state index in [1.165, 1.54) is 6.07 Å². The molecule has 6 nitrogen and oxygen atoms in total. The van der Waals surface area contributed by atoms with Crippen LogP contribution < -0.4 is 5.32 Å². The van der Waals surface area contributed by atoms with Crippen molar-refractivity contribution < 1.29 is 23.8 Å². The molecule has 3 rings (SSSR count). The maximum atomic E-state index is 11.9. The van der Waals surface area contributed by atoms with Gasteiger partial charge < -0.3 is 19.6 Å². The fourth-order valence-corrected chi connectivity index (χ4v) is 2.23. The first-order valence-corrected chi connectivity index (χ1v) is 6.33. The van der Waals surface area contributed by atoms with E-state index in [1.54, 1.807) is 18.2 Å². The van der Waals surface area contributed by atoms with Crippen LogP contribution in [0.25, 0.3) is 11.0 Å². The van der Waals surface area contributed by atoms with Crippen LogP contribution in [0.3, 0.4) is 0 Å². The summed E-state index contributed by atoms with van der Waals surface area (Å²) < 4.78 is 10.5. The second kappa shape index (κ2) is 4.97. The van der Waals surface area contributed by atoms with Gasteiger partial charge in [0, 0.05) is 17.7 Å². The molecule has 0 spiro atoms. The van der Waals surface area contributed by atoms with Crippen LogP contribution >= 0.6 is 0 Å². The maximum absolute atomic E-state index is 11.9. The topological polar surface area (TPSA) is 88.8 Å². The summed E-state index contributed by atoms with van der Waals surface area (Å²) in [5.41, 5.74) is 1.06. The molecule has 2 N–H and O–H groups in total. The maximum Gasteiger partial charge on any atom is 0.371 e. The molecule has 0 unspecified atom stereocenters. The Bertz CT molecular complexity index is 669. The minimum absolute atomic E-state index is 0.123. The molecule has 20 heavy (non-hydrogen) atoms. The number of carboxylic acid groups (broad SMARTS) is 1. The molecule has 2 aromatic rings. The van der Waals surface area contributed by atoms with Crippen molar-refractivity contribution in [2.75, 3.05) is 11.9 Å². The molecule has 1 aliphatic rings. The minimum Gasteiger partial charge on any atom is -0.475 e. The fraction of sp³-hybridized carbons (Fsp3) is 0.286. The zero-order chi connectivity index (χ0) is 14.1. The number of nitrogens with one attached hydrogen (secondary N) is 1. The van der Waals surface area contributed by atoms with Gasteiger partial charge in [0.15, 0.2) is 0 Å². The Hall–Kier alpha value is -2.34. The molecule has 0 saturated carbocycles. The zero-order valence-electron chi connectivity index (χ0n) is 10.6. The molecule has 104 valence electrons. The van der Waals surface area contributed by atoms with Crippen molar-refractivity contribution in [1.82, 2.24) is 0 Å². The number of benzene rings is 1. The highest BCUT2D eigenvalue weighted by atomic mass is 16.5. The van der Waals surface area contributed by atoms with Crippen molar-refractivity contribution in [3.05, 3.63) is 30.0 Å². The van der Waals surface area contributed by atoms with E-state index in [0.717, 1.165) is 12.8 Å². The van der Waals surface area contributed by atoms with Crippen LogP contribution in [0.2, 0.25) is 0 Å². The van der Waals surface area contributed by atoms with Crippen LogP contribution in [0.1, 0.15) is 23.4 Å². The molecular formula is C14H13NO5. The first-order valence-electron chi connectivity index (χ1n) is 6.33. The predicted octanol–water partition coefficient (Wildman–Crippen LogP) is 2.25. The standard InChI is InChI=1S/C14H13NO5/c16-13(11-2-1-5-19-11)15-9-3-4-10-8(6-9)7-12(20-10)14(17)18/h3-4,6-7,11H,1-2,5H2,(H,15,16)(H,17,18)/t11-/m0/s1. The molecule has 1 saturated heterocycles. The van der Waals surface area contributed by atoms with Gasteiger partial charge in [-0.1, -0.05) is 0 Å². The summed E-state index contributed by atoms with van der Waals surface area (Å²) in [5, 5.41) is 12.3. The van der Waals surface area contributed by atoms with Crippen molar-refractivity contribution >= 4 is 28.5 Å².